The summed E-state index contributed by atoms with van der Waals surface area (Å²) >= 11 is 0. The van der Waals surface area contributed by atoms with Gasteiger partial charge >= 0.3 is 0 Å². The van der Waals surface area contributed by atoms with Crippen molar-refractivity contribution in [1.29, 1.82) is 0 Å². The fraction of sp³-hybridized carbons (Fsp3) is 0.500. The minimum atomic E-state index is 0.368. The van der Waals surface area contributed by atoms with E-state index in [1.807, 2.05) is 6.07 Å². The summed E-state index contributed by atoms with van der Waals surface area (Å²) in [5, 5.41) is 10.8. The van der Waals surface area contributed by atoms with Crippen molar-refractivity contribution in [3.63, 3.8) is 0 Å². The molecule has 136 valence electrons. The molecule has 1 aromatic carbocycles. The quantitative estimate of drug-likeness (QED) is 0.592. The van der Waals surface area contributed by atoms with Crippen LogP contribution in [0.2, 0.25) is 0 Å². The molecule has 25 heavy (non-hydrogen) atoms. The van der Waals surface area contributed by atoms with E-state index in [0.29, 0.717) is 24.3 Å². The van der Waals surface area contributed by atoms with Crippen molar-refractivity contribution in [3.05, 3.63) is 53.4 Å². The highest BCUT2D eigenvalue weighted by Gasteiger charge is 2.16. The van der Waals surface area contributed by atoms with E-state index in [4.69, 9.17) is 4.52 Å². The molecule has 2 N–H and O–H groups in total. The molecule has 2 aromatic rings. The fourth-order valence-electron chi connectivity index (χ4n) is 2.72. The molecule has 0 amide bonds. The Hall–Kier alpha value is -2.30. The summed E-state index contributed by atoms with van der Waals surface area (Å²) in [5.41, 5.74) is 2.32. The van der Waals surface area contributed by atoms with Gasteiger partial charge in [-0.1, -0.05) is 63.2 Å². The number of hydrogen-bond donors (Lipinski definition) is 2. The molecule has 1 unspecified atom stereocenters. The predicted molar refractivity (Wildman–Crippen MR) is 103 cm³/mol. The molecule has 0 bridgehead atoms. The maximum absolute atomic E-state index is 5.36. The van der Waals surface area contributed by atoms with Crippen LogP contribution in [-0.2, 0) is 6.54 Å². The molecule has 0 saturated heterocycles. The van der Waals surface area contributed by atoms with E-state index in [1.165, 1.54) is 5.56 Å². The van der Waals surface area contributed by atoms with E-state index in [0.717, 1.165) is 24.0 Å². The Bertz CT molecular complexity index is 661. The largest absolute Gasteiger partial charge is 0.359 e. The molecule has 0 aliphatic rings. The van der Waals surface area contributed by atoms with Gasteiger partial charge in [0.1, 0.15) is 0 Å². The van der Waals surface area contributed by atoms with Crippen molar-refractivity contribution in [2.45, 2.75) is 46.1 Å². The van der Waals surface area contributed by atoms with Crippen LogP contribution < -0.4 is 10.6 Å². The third kappa shape index (κ3) is 5.62. The summed E-state index contributed by atoms with van der Waals surface area (Å²) in [6.45, 7) is 10.1. The molecule has 0 aliphatic heterocycles. The first-order valence-electron chi connectivity index (χ1n) is 8.96. The van der Waals surface area contributed by atoms with E-state index >= 15 is 0 Å². The normalized spacial score (nSPS) is 13.3. The number of nitrogens with one attached hydrogen (secondary N) is 2. The zero-order chi connectivity index (χ0) is 18.2. The number of guanidine groups is 1. The second-order valence-electron chi connectivity index (χ2n) is 6.94. The topological polar surface area (TPSA) is 62.5 Å². The van der Waals surface area contributed by atoms with Gasteiger partial charge in [-0.3, -0.25) is 4.99 Å². The van der Waals surface area contributed by atoms with Crippen LogP contribution in [0.5, 0.6) is 0 Å². The molecule has 1 heterocycles. The standard InChI is InChI=1S/C20H30N4O/c1-14(2)18(16-9-7-6-8-10-16)13-23-20(21-5)22-12-17-11-19(15(3)4)24-25-17/h6-11,14-15,18H,12-13H2,1-5H3,(H2,21,22,23). The van der Waals surface area contributed by atoms with Crippen LogP contribution in [0.25, 0.3) is 0 Å². The van der Waals surface area contributed by atoms with Crippen LogP contribution in [0, 0.1) is 5.92 Å². The zero-order valence-corrected chi connectivity index (χ0v) is 15.9. The van der Waals surface area contributed by atoms with Crippen molar-refractivity contribution in [1.82, 2.24) is 15.8 Å². The van der Waals surface area contributed by atoms with Crippen LogP contribution in [0.1, 0.15) is 56.5 Å². The van der Waals surface area contributed by atoms with E-state index in [9.17, 15) is 0 Å². The van der Waals surface area contributed by atoms with Crippen molar-refractivity contribution in [2.75, 3.05) is 13.6 Å². The van der Waals surface area contributed by atoms with E-state index < -0.39 is 0 Å². The lowest BCUT2D eigenvalue weighted by Crippen LogP contribution is -2.39. The van der Waals surface area contributed by atoms with E-state index in [2.05, 4.69) is 78.8 Å². The van der Waals surface area contributed by atoms with Crippen LogP contribution in [0.4, 0.5) is 0 Å². The molecule has 0 saturated carbocycles. The molecule has 0 fully saturated rings. The van der Waals surface area contributed by atoms with Gasteiger partial charge in [-0.25, -0.2) is 0 Å². The van der Waals surface area contributed by atoms with Gasteiger partial charge in [-0.05, 0) is 17.4 Å². The van der Waals surface area contributed by atoms with Crippen molar-refractivity contribution < 1.29 is 4.52 Å². The van der Waals surface area contributed by atoms with Gasteiger partial charge < -0.3 is 15.2 Å². The lowest BCUT2D eigenvalue weighted by molar-refractivity contribution is 0.371. The summed E-state index contributed by atoms with van der Waals surface area (Å²) in [7, 11) is 1.78. The highest BCUT2D eigenvalue weighted by Crippen LogP contribution is 2.23. The van der Waals surface area contributed by atoms with Crippen molar-refractivity contribution in [2.24, 2.45) is 10.9 Å². The molecular weight excluding hydrogens is 312 g/mol. The average molecular weight is 342 g/mol. The Balaban J connectivity index is 1.90. The number of aliphatic imine (C=N–C) groups is 1. The monoisotopic (exact) mass is 342 g/mol. The van der Waals surface area contributed by atoms with Gasteiger partial charge in [-0.2, -0.15) is 0 Å². The smallest absolute Gasteiger partial charge is 0.191 e. The predicted octanol–water partition coefficient (Wildman–Crippen LogP) is 3.90. The first kappa shape index (κ1) is 19.0. The second kappa shape index (κ2) is 9.25. The first-order valence-corrected chi connectivity index (χ1v) is 8.96. The molecular formula is C20H30N4O. The SMILES string of the molecule is CN=C(NCc1cc(C(C)C)no1)NCC(c1ccccc1)C(C)C. The van der Waals surface area contributed by atoms with Crippen LogP contribution in [-0.4, -0.2) is 24.7 Å². The van der Waals surface area contributed by atoms with Gasteiger partial charge in [0.2, 0.25) is 0 Å². The lowest BCUT2D eigenvalue weighted by Gasteiger charge is -2.23. The van der Waals surface area contributed by atoms with Crippen molar-refractivity contribution >= 4 is 5.96 Å². The highest BCUT2D eigenvalue weighted by molar-refractivity contribution is 5.79. The fourth-order valence-corrected chi connectivity index (χ4v) is 2.72. The molecule has 0 radical (unpaired) electrons. The minimum absolute atomic E-state index is 0.368. The molecule has 5 heteroatoms. The number of nitrogens with zero attached hydrogens (tertiary/aromatic N) is 2. The van der Waals surface area contributed by atoms with Crippen molar-refractivity contribution in [3.8, 4) is 0 Å². The Morgan fingerprint density at radius 1 is 1.12 bits per heavy atom. The number of rotatable bonds is 7. The van der Waals surface area contributed by atoms with Crippen LogP contribution in [0.3, 0.4) is 0 Å². The maximum atomic E-state index is 5.36. The summed E-state index contributed by atoms with van der Waals surface area (Å²) < 4.78 is 5.36. The van der Waals surface area contributed by atoms with Gasteiger partial charge in [0.05, 0.1) is 12.2 Å². The number of benzene rings is 1. The van der Waals surface area contributed by atoms with Gasteiger partial charge in [0.15, 0.2) is 11.7 Å². The Labute approximate surface area is 150 Å². The summed E-state index contributed by atoms with van der Waals surface area (Å²) in [6.07, 6.45) is 0. The minimum Gasteiger partial charge on any atom is -0.359 e. The second-order valence-corrected chi connectivity index (χ2v) is 6.94. The van der Waals surface area contributed by atoms with Gasteiger partial charge in [-0.15, -0.1) is 0 Å². The number of hydrogen-bond acceptors (Lipinski definition) is 3. The van der Waals surface area contributed by atoms with Gasteiger partial charge in [0, 0.05) is 25.6 Å². The maximum Gasteiger partial charge on any atom is 0.191 e. The van der Waals surface area contributed by atoms with E-state index in [-0.39, 0.29) is 0 Å². The number of aromatic nitrogens is 1. The molecule has 2 rings (SSSR count). The molecule has 1 atom stereocenters. The Kier molecular flexibility index (Phi) is 7.04. The zero-order valence-electron chi connectivity index (χ0n) is 15.9. The molecule has 0 aliphatic carbocycles. The van der Waals surface area contributed by atoms with Gasteiger partial charge in [0.25, 0.3) is 0 Å². The van der Waals surface area contributed by atoms with Crippen LogP contribution >= 0.6 is 0 Å². The molecule has 1 aromatic heterocycles. The Morgan fingerprint density at radius 3 is 2.40 bits per heavy atom. The first-order chi connectivity index (χ1) is 12.0. The van der Waals surface area contributed by atoms with Crippen LogP contribution in [0.15, 0.2) is 45.9 Å². The third-order valence-corrected chi connectivity index (χ3v) is 4.34. The third-order valence-electron chi connectivity index (χ3n) is 4.34. The summed E-state index contributed by atoms with van der Waals surface area (Å²) in [4.78, 5) is 4.30. The van der Waals surface area contributed by atoms with E-state index in [1.54, 1.807) is 7.05 Å². The molecule has 5 nitrogen and oxygen atoms in total. The highest BCUT2D eigenvalue weighted by atomic mass is 16.5. The molecule has 0 spiro atoms. The summed E-state index contributed by atoms with van der Waals surface area (Å²) in [6, 6.07) is 12.6. The lowest BCUT2D eigenvalue weighted by atomic mass is 9.88. The summed E-state index contributed by atoms with van der Waals surface area (Å²) in [5.74, 6) is 2.92. The Morgan fingerprint density at radius 2 is 1.84 bits per heavy atom. The average Bonchev–Trinajstić information content (AvgIpc) is 3.08.